The molecule has 1 N–H and O–H groups in total. The van der Waals surface area contributed by atoms with E-state index in [4.69, 9.17) is 5.10 Å². The Bertz CT molecular complexity index is 1210. The van der Waals surface area contributed by atoms with Crippen molar-refractivity contribution >= 4 is 33.1 Å². The number of thiophene rings is 1. The molecule has 5 rings (SSSR count). The van der Waals surface area contributed by atoms with Crippen molar-refractivity contribution in [2.75, 3.05) is 5.32 Å². The molecule has 1 fully saturated rings. The molecule has 1 aromatic carbocycles. The van der Waals surface area contributed by atoms with Gasteiger partial charge in [0.05, 0.1) is 27.3 Å². The Labute approximate surface area is 186 Å². The van der Waals surface area contributed by atoms with Crippen molar-refractivity contribution in [1.82, 2.24) is 14.3 Å². The maximum absolute atomic E-state index is 13.4. The standard InChI is InChI=1S/C25H28N4OS/c1-17-24(18(2)28(27-17)14-12-19-8-4-3-5-9-19)26-25(30)22-16-23-21(13-15-31-23)29(22)20-10-6-7-11-20/h3-5,8-9,13,15-16,20H,6-7,10-12,14H2,1-2H3,(H,26,30). The molecule has 5 nitrogen and oxygen atoms in total. The quantitative estimate of drug-likeness (QED) is 0.399. The summed E-state index contributed by atoms with van der Waals surface area (Å²) in [5, 5.41) is 10.0. The Morgan fingerprint density at radius 2 is 1.94 bits per heavy atom. The van der Waals surface area contributed by atoms with Crippen LogP contribution in [0.1, 0.15) is 59.2 Å². The van der Waals surface area contributed by atoms with E-state index in [0.29, 0.717) is 6.04 Å². The molecule has 6 heteroatoms. The lowest BCUT2D eigenvalue weighted by molar-refractivity contribution is 0.101. The number of anilines is 1. The predicted octanol–water partition coefficient (Wildman–Crippen LogP) is 6.13. The van der Waals surface area contributed by atoms with Crippen LogP contribution in [0.2, 0.25) is 0 Å². The number of carbonyl (C=O) groups excluding carboxylic acids is 1. The lowest BCUT2D eigenvalue weighted by atomic mass is 10.1. The number of hydrogen-bond donors (Lipinski definition) is 1. The van der Waals surface area contributed by atoms with E-state index in [1.807, 2.05) is 24.6 Å². The average Bonchev–Trinajstić information content (AvgIpc) is 3.54. The van der Waals surface area contributed by atoms with E-state index >= 15 is 0 Å². The van der Waals surface area contributed by atoms with Crippen molar-refractivity contribution in [2.24, 2.45) is 0 Å². The van der Waals surface area contributed by atoms with Gasteiger partial charge in [0.15, 0.2) is 0 Å². The minimum Gasteiger partial charge on any atom is -0.333 e. The summed E-state index contributed by atoms with van der Waals surface area (Å²) in [5.41, 5.74) is 5.94. The summed E-state index contributed by atoms with van der Waals surface area (Å²) in [6.45, 7) is 4.80. The molecule has 31 heavy (non-hydrogen) atoms. The minimum atomic E-state index is -0.0379. The molecule has 1 aliphatic rings. The lowest BCUT2D eigenvalue weighted by Gasteiger charge is -2.17. The van der Waals surface area contributed by atoms with Gasteiger partial charge >= 0.3 is 0 Å². The number of benzene rings is 1. The van der Waals surface area contributed by atoms with Crippen LogP contribution in [0.5, 0.6) is 0 Å². The first-order valence-electron chi connectivity index (χ1n) is 11.1. The van der Waals surface area contributed by atoms with Gasteiger partial charge in [0.25, 0.3) is 5.91 Å². The molecular formula is C25H28N4OS. The number of amides is 1. The normalized spacial score (nSPS) is 14.5. The van der Waals surface area contributed by atoms with Crippen molar-refractivity contribution in [3.63, 3.8) is 0 Å². The molecule has 0 bridgehead atoms. The van der Waals surface area contributed by atoms with E-state index in [1.54, 1.807) is 11.3 Å². The highest BCUT2D eigenvalue weighted by atomic mass is 32.1. The molecule has 1 amide bonds. The van der Waals surface area contributed by atoms with Gasteiger partial charge in [-0.05, 0) is 56.2 Å². The zero-order valence-electron chi connectivity index (χ0n) is 18.1. The summed E-state index contributed by atoms with van der Waals surface area (Å²) >= 11 is 1.70. The monoisotopic (exact) mass is 432 g/mol. The predicted molar refractivity (Wildman–Crippen MR) is 127 cm³/mol. The second-order valence-corrected chi connectivity index (χ2v) is 9.41. The van der Waals surface area contributed by atoms with Gasteiger partial charge in [-0.15, -0.1) is 11.3 Å². The number of aryl methyl sites for hydroxylation is 3. The summed E-state index contributed by atoms with van der Waals surface area (Å²) in [7, 11) is 0. The minimum absolute atomic E-state index is 0.0379. The topological polar surface area (TPSA) is 51.9 Å². The molecule has 3 heterocycles. The van der Waals surface area contributed by atoms with Crippen molar-refractivity contribution in [1.29, 1.82) is 0 Å². The van der Waals surface area contributed by atoms with Gasteiger partial charge in [-0.1, -0.05) is 43.2 Å². The van der Waals surface area contributed by atoms with Crippen LogP contribution in [0.25, 0.3) is 10.2 Å². The number of hydrogen-bond acceptors (Lipinski definition) is 3. The van der Waals surface area contributed by atoms with Gasteiger partial charge in [0, 0.05) is 12.6 Å². The fourth-order valence-electron chi connectivity index (χ4n) is 4.83. The van der Waals surface area contributed by atoms with Crippen molar-refractivity contribution < 1.29 is 4.79 Å². The van der Waals surface area contributed by atoms with E-state index in [9.17, 15) is 4.79 Å². The van der Waals surface area contributed by atoms with Gasteiger partial charge in [0.1, 0.15) is 5.69 Å². The molecule has 0 spiro atoms. The van der Waals surface area contributed by atoms with Gasteiger partial charge < -0.3 is 9.88 Å². The molecule has 0 unspecified atom stereocenters. The highest BCUT2D eigenvalue weighted by molar-refractivity contribution is 7.17. The summed E-state index contributed by atoms with van der Waals surface area (Å²) < 4.78 is 5.47. The summed E-state index contributed by atoms with van der Waals surface area (Å²) in [5.74, 6) is -0.0379. The van der Waals surface area contributed by atoms with E-state index in [-0.39, 0.29) is 5.91 Å². The Hall–Kier alpha value is -2.86. The maximum atomic E-state index is 13.4. The molecule has 4 aromatic rings. The Morgan fingerprint density at radius 3 is 2.71 bits per heavy atom. The van der Waals surface area contributed by atoms with E-state index in [0.717, 1.165) is 48.6 Å². The number of nitrogens with one attached hydrogen (secondary N) is 1. The van der Waals surface area contributed by atoms with Crippen molar-refractivity contribution in [3.8, 4) is 0 Å². The molecule has 160 valence electrons. The van der Waals surface area contributed by atoms with Crippen LogP contribution in [-0.2, 0) is 13.0 Å². The molecule has 3 aromatic heterocycles. The summed E-state index contributed by atoms with van der Waals surface area (Å²) in [6, 6.07) is 15.0. The first-order valence-corrected chi connectivity index (χ1v) is 12.0. The number of nitrogens with zero attached hydrogens (tertiary/aromatic N) is 3. The first-order chi connectivity index (χ1) is 15.1. The summed E-state index contributed by atoms with van der Waals surface area (Å²) in [4.78, 5) is 13.4. The largest absolute Gasteiger partial charge is 0.333 e. The fraction of sp³-hybridized carbons (Fsp3) is 0.360. The SMILES string of the molecule is Cc1nn(CCc2ccccc2)c(C)c1NC(=O)c1cc2sccc2n1C1CCCC1. The smallest absolute Gasteiger partial charge is 0.272 e. The highest BCUT2D eigenvalue weighted by Gasteiger charge is 2.26. The average molecular weight is 433 g/mol. The van der Waals surface area contributed by atoms with Crippen LogP contribution in [0.3, 0.4) is 0 Å². The molecule has 0 radical (unpaired) electrons. The third kappa shape index (κ3) is 3.81. The maximum Gasteiger partial charge on any atom is 0.272 e. The van der Waals surface area contributed by atoms with E-state index in [2.05, 4.69) is 51.7 Å². The Balaban J connectivity index is 1.39. The van der Waals surface area contributed by atoms with Gasteiger partial charge in [0.2, 0.25) is 0 Å². The van der Waals surface area contributed by atoms with Crippen LogP contribution in [0, 0.1) is 13.8 Å². The molecule has 1 aliphatic carbocycles. The van der Waals surface area contributed by atoms with E-state index < -0.39 is 0 Å². The van der Waals surface area contributed by atoms with Gasteiger partial charge in [-0.3, -0.25) is 9.48 Å². The number of carbonyl (C=O) groups is 1. The summed E-state index contributed by atoms with van der Waals surface area (Å²) in [6.07, 6.45) is 5.69. The molecule has 0 aliphatic heterocycles. The first kappa shape index (κ1) is 20.1. The molecule has 0 atom stereocenters. The number of fused-ring (bicyclic) bond motifs is 1. The van der Waals surface area contributed by atoms with Crippen LogP contribution < -0.4 is 5.32 Å². The van der Waals surface area contributed by atoms with Crippen LogP contribution in [-0.4, -0.2) is 20.3 Å². The Morgan fingerprint density at radius 1 is 1.16 bits per heavy atom. The molecular weight excluding hydrogens is 404 g/mol. The third-order valence-electron chi connectivity index (χ3n) is 6.46. The molecule has 0 saturated heterocycles. The Kier molecular flexibility index (Phi) is 5.40. The van der Waals surface area contributed by atoms with Gasteiger partial charge in [-0.2, -0.15) is 5.10 Å². The molecule has 1 saturated carbocycles. The van der Waals surface area contributed by atoms with Crippen LogP contribution in [0.4, 0.5) is 5.69 Å². The number of rotatable bonds is 6. The fourth-order valence-corrected chi connectivity index (χ4v) is 5.64. The second kappa shape index (κ2) is 8.35. The second-order valence-electron chi connectivity index (χ2n) is 8.47. The third-order valence-corrected chi connectivity index (χ3v) is 7.31. The number of aromatic nitrogens is 3. The van der Waals surface area contributed by atoms with Crippen LogP contribution >= 0.6 is 11.3 Å². The zero-order valence-corrected chi connectivity index (χ0v) is 18.9. The zero-order chi connectivity index (χ0) is 21.4. The van der Waals surface area contributed by atoms with Crippen molar-refractivity contribution in [3.05, 3.63) is 70.5 Å². The van der Waals surface area contributed by atoms with Crippen LogP contribution in [0.15, 0.2) is 47.8 Å². The highest BCUT2D eigenvalue weighted by Crippen LogP contribution is 2.37. The van der Waals surface area contributed by atoms with Crippen molar-refractivity contribution in [2.45, 2.75) is 58.5 Å². The van der Waals surface area contributed by atoms with Gasteiger partial charge in [-0.25, -0.2) is 0 Å². The lowest BCUT2D eigenvalue weighted by Crippen LogP contribution is -2.19. The van der Waals surface area contributed by atoms with E-state index in [1.165, 1.54) is 28.6 Å².